The zero-order valence-corrected chi connectivity index (χ0v) is 17.5. The second-order valence-electron chi connectivity index (χ2n) is 5.30. The summed E-state index contributed by atoms with van der Waals surface area (Å²) in [6.45, 7) is 7.21. The molecule has 0 aliphatic carbocycles. The van der Waals surface area contributed by atoms with Crippen LogP contribution >= 0.6 is 24.0 Å². The second-order valence-corrected chi connectivity index (χ2v) is 5.30. The van der Waals surface area contributed by atoms with Crippen LogP contribution in [-0.2, 0) is 0 Å². The summed E-state index contributed by atoms with van der Waals surface area (Å²) in [5.41, 5.74) is 0.662. The van der Waals surface area contributed by atoms with Gasteiger partial charge in [0.05, 0.1) is 20.8 Å². The number of rotatable bonds is 8. The number of aliphatic hydroxyl groups excluding tert-OH is 1. The number of ether oxygens (including phenoxy) is 2. The van der Waals surface area contributed by atoms with Crippen molar-refractivity contribution < 1.29 is 14.6 Å². The molecule has 138 valence electrons. The maximum absolute atomic E-state index is 10.5. The number of nitrogens with one attached hydrogen (secondary N) is 2. The van der Waals surface area contributed by atoms with Crippen LogP contribution in [0.4, 0.5) is 0 Å². The molecule has 0 spiro atoms. The molecule has 1 rings (SSSR count). The summed E-state index contributed by atoms with van der Waals surface area (Å²) < 4.78 is 10.5. The molecule has 6 nitrogen and oxygen atoms in total. The van der Waals surface area contributed by atoms with Gasteiger partial charge in [-0.05, 0) is 38.5 Å². The first-order valence-electron chi connectivity index (χ1n) is 8.00. The van der Waals surface area contributed by atoms with Gasteiger partial charge in [-0.25, -0.2) is 0 Å². The third kappa shape index (κ3) is 7.12. The van der Waals surface area contributed by atoms with Crippen LogP contribution in [0.2, 0.25) is 0 Å². The first-order valence-corrected chi connectivity index (χ1v) is 8.00. The van der Waals surface area contributed by atoms with Gasteiger partial charge < -0.3 is 25.2 Å². The fourth-order valence-electron chi connectivity index (χ4n) is 2.03. The van der Waals surface area contributed by atoms with Crippen LogP contribution in [-0.4, -0.2) is 44.4 Å². The molecule has 0 aliphatic heterocycles. The number of benzene rings is 1. The van der Waals surface area contributed by atoms with E-state index >= 15 is 0 Å². The number of guanidine groups is 1. The number of halogens is 1. The number of aliphatic hydroxyl groups is 1. The molecular weight excluding hydrogens is 421 g/mol. The number of hydrogen-bond donors (Lipinski definition) is 3. The van der Waals surface area contributed by atoms with Gasteiger partial charge in [0.15, 0.2) is 5.96 Å². The van der Waals surface area contributed by atoms with Crippen molar-refractivity contribution >= 4 is 29.9 Å². The highest BCUT2D eigenvalue weighted by Crippen LogP contribution is 2.29. The van der Waals surface area contributed by atoms with Crippen LogP contribution in [0.3, 0.4) is 0 Å². The maximum atomic E-state index is 10.5. The molecule has 7 heteroatoms. The molecule has 3 N–H and O–H groups in total. The van der Waals surface area contributed by atoms with Crippen molar-refractivity contribution in [2.24, 2.45) is 4.99 Å². The van der Waals surface area contributed by atoms with Gasteiger partial charge in [-0.2, -0.15) is 0 Å². The molecule has 0 bridgehead atoms. The minimum atomic E-state index is -0.771. The maximum Gasteiger partial charge on any atom is 0.191 e. The predicted molar refractivity (Wildman–Crippen MR) is 109 cm³/mol. The lowest BCUT2D eigenvalue weighted by atomic mass is 10.1. The van der Waals surface area contributed by atoms with Gasteiger partial charge in [-0.1, -0.05) is 6.92 Å². The molecule has 2 unspecified atom stereocenters. The zero-order valence-electron chi connectivity index (χ0n) is 15.1. The van der Waals surface area contributed by atoms with E-state index in [0.717, 1.165) is 13.0 Å². The molecule has 0 radical (unpaired) electrons. The van der Waals surface area contributed by atoms with Crippen LogP contribution in [0, 0.1) is 0 Å². The Balaban J connectivity index is 0.00000529. The first kappa shape index (κ1) is 22.8. The Labute approximate surface area is 162 Å². The number of hydrogen-bond acceptors (Lipinski definition) is 4. The summed E-state index contributed by atoms with van der Waals surface area (Å²) in [7, 11) is 3.17. The standard InChI is InChI=1S/C17H29N3O3.HI/c1-6-12(3)20-17(18-7-2)19-11-15(21)14-10-13(22-4)8-9-16(14)23-5;/h8-10,12,15,21H,6-7,11H2,1-5H3,(H2,18,19,20);1H. The van der Waals surface area contributed by atoms with Crippen LogP contribution in [0.15, 0.2) is 23.2 Å². The van der Waals surface area contributed by atoms with E-state index in [1.54, 1.807) is 32.4 Å². The molecule has 1 aromatic carbocycles. The SMILES string of the molecule is CCNC(=NCC(O)c1cc(OC)ccc1OC)NC(C)CC.I. The van der Waals surface area contributed by atoms with Gasteiger partial charge in [0.2, 0.25) is 0 Å². The summed E-state index contributed by atoms with van der Waals surface area (Å²) in [5.74, 6) is 1.99. The van der Waals surface area contributed by atoms with Crippen molar-refractivity contribution in [1.29, 1.82) is 0 Å². The lowest BCUT2D eigenvalue weighted by molar-refractivity contribution is 0.182. The molecule has 24 heavy (non-hydrogen) atoms. The topological polar surface area (TPSA) is 75.1 Å². The van der Waals surface area contributed by atoms with Gasteiger partial charge in [0.25, 0.3) is 0 Å². The van der Waals surface area contributed by atoms with E-state index in [-0.39, 0.29) is 30.5 Å². The molecule has 0 saturated carbocycles. The van der Waals surface area contributed by atoms with Gasteiger partial charge in [-0.15, -0.1) is 24.0 Å². The Hall–Kier alpha value is -1.22. The van der Waals surface area contributed by atoms with E-state index in [1.807, 2.05) is 6.92 Å². The van der Waals surface area contributed by atoms with E-state index in [0.29, 0.717) is 29.1 Å². The summed E-state index contributed by atoms with van der Waals surface area (Å²) in [5, 5.41) is 16.9. The van der Waals surface area contributed by atoms with Crippen LogP contribution in [0.25, 0.3) is 0 Å². The highest BCUT2D eigenvalue weighted by atomic mass is 127. The number of nitrogens with zero attached hydrogens (tertiary/aromatic N) is 1. The van der Waals surface area contributed by atoms with Gasteiger partial charge in [0.1, 0.15) is 17.6 Å². The smallest absolute Gasteiger partial charge is 0.191 e. The van der Waals surface area contributed by atoms with Crippen molar-refractivity contribution in [1.82, 2.24) is 10.6 Å². The summed E-state index contributed by atoms with van der Waals surface area (Å²) in [6, 6.07) is 5.67. The quantitative estimate of drug-likeness (QED) is 0.322. The summed E-state index contributed by atoms with van der Waals surface area (Å²) in [6.07, 6.45) is 0.226. The minimum Gasteiger partial charge on any atom is -0.497 e. The van der Waals surface area contributed by atoms with E-state index in [4.69, 9.17) is 9.47 Å². The Morgan fingerprint density at radius 2 is 1.96 bits per heavy atom. The van der Waals surface area contributed by atoms with E-state index < -0.39 is 6.10 Å². The largest absolute Gasteiger partial charge is 0.497 e. The molecular formula is C17H30IN3O3. The highest BCUT2D eigenvalue weighted by Gasteiger charge is 2.15. The van der Waals surface area contributed by atoms with Crippen molar-refractivity contribution in [3.05, 3.63) is 23.8 Å². The normalized spacial score (nSPS) is 13.5. The molecule has 0 heterocycles. The molecule has 0 amide bonds. The lowest BCUT2D eigenvalue weighted by Gasteiger charge is -2.18. The van der Waals surface area contributed by atoms with E-state index in [1.165, 1.54) is 0 Å². The lowest BCUT2D eigenvalue weighted by Crippen LogP contribution is -2.42. The van der Waals surface area contributed by atoms with E-state index in [2.05, 4.69) is 29.5 Å². The molecule has 0 saturated heterocycles. The third-order valence-electron chi connectivity index (χ3n) is 3.56. The van der Waals surface area contributed by atoms with E-state index in [9.17, 15) is 5.11 Å². The van der Waals surface area contributed by atoms with Gasteiger partial charge in [-0.3, -0.25) is 4.99 Å². The van der Waals surface area contributed by atoms with Crippen molar-refractivity contribution in [2.75, 3.05) is 27.3 Å². The monoisotopic (exact) mass is 451 g/mol. The van der Waals surface area contributed by atoms with Crippen molar-refractivity contribution in [2.45, 2.75) is 39.3 Å². The highest BCUT2D eigenvalue weighted by molar-refractivity contribution is 14.0. The average molecular weight is 451 g/mol. The Morgan fingerprint density at radius 1 is 1.25 bits per heavy atom. The zero-order chi connectivity index (χ0) is 17.2. The molecule has 0 aliphatic rings. The fourth-order valence-corrected chi connectivity index (χ4v) is 2.03. The minimum absolute atomic E-state index is 0. The Bertz CT molecular complexity index is 512. The van der Waals surface area contributed by atoms with Gasteiger partial charge in [0, 0.05) is 18.2 Å². The first-order chi connectivity index (χ1) is 11.0. The van der Waals surface area contributed by atoms with Gasteiger partial charge >= 0.3 is 0 Å². The molecule has 0 fully saturated rings. The second kappa shape index (κ2) is 12.2. The average Bonchev–Trinajstić information content (AvgIpc) is 2.58. The molecule has 2 atom stereocenters. The van der Waals surface area contributed by atoms with Crippen molar-refractivity contribution in [3.8, 4) is 11.5 Å². The van der Waals surface area contributed by atoms with Crippen LogP contribution < -0.4 is 20.1 Å². The Kier molecular flexibility index (Phi) is 11.6. The fraction of sp³-hybridized carbons (Fsp3) is 0.588. The van der Waals surface area contributed by atoms with Crippen LogP contribution in [0.5, 0.6) is 11.5 Å². The molecule has 0 aromatic heterocycles. The number of methoxy groups -OCH3 is 2. The number of aliphatic imine (C=N–C) groups is 1. The van der Waals surface area contributed by atoms with Crippen molar-refractivity contribution in [3.63, 3.8) is 0 Å². The summed E-state index contributed by atoms with van der Waals surface area (Å²) in [4.78, 5) is 4.46. The third-order valence-corrected chi connectivity index (χ3v) is 3.56. The Morgan fingerprint density at radius 3 is 2.50 bits per heavy atom. The summed E-state index contributed by atoms with van der Waals surface area (Å²) >= 11 is 0. The molecule has 1 aromatic rings. The predicted octanol–water partition coefficient (Wildman–Crippen LogP) is 2.71. The van der Waals surface area contributed by atoms with Crippen LogP contribution in [0.1, 0.15) is 38.9 Å².